The van der Waals surface area contributed by atoms with Gasteiger partial charge in [0.15, 0.2) is 0 Å². The molecule has 0 radical (unpaired) electrons. The summed E-state index contributed by atoms with van der Waals surface area (Å²) in [4.78, 5) is 25.6. The SMILES string of the molecule is COc1ccc2cc(-n3cc(N4C(=O)C=CC4=O)c4ccccc43)ccc2c1. The minimum atomic E-state index is -0.321. The predicted molar refractivity (Wildman–Crippen MR) is 109 cm³/mol. The molecule has 0 saturated carbocycles. The van der Waals surface area contributed by atoms with Crippen molar-refractivity contribution in [2.75, 3.05) is 12.0 Å². The lowest BCUT2D eigenvalue weighted by Gasteiger charge is -2.12. The fraction of sp³-hybridized carbons (Fsp3) is 0.0435. The van der Waals surface area contributed by atoms with Gasteiger partial charge < -0.3 is 9.30 Å². The van der Waals surface area contributed by atoms with Crippen LogP contribution in [0.2, 0.25) is 0 Å². The third kappa shape index (κ3) is 2.41. The van der Waals surface area contributed by atoms with Crippen molar-refractivity contribution in [1.82, 2.24) is 4.57 Å². The highest BCUT2D eigenvalue weighted by Gasteiger charge is 2.28. The van der Waals surface area contributed by atoms with E-state index in [0.29, 0.717) is 5.69 Å². The summed E-state index contributed by atoms with van der Waals surface area (Å²) in [7, 11) is 1.65. The van der Waals surface area contributed by atoms with E-state index in [-0.39, 0.29) is 11.8 Å². The number of carbonyl (C=O) groups is 2. The highest BCUT2D eigenvalue weighted by molar-refractivity contribution is 6.30. The van der Waals surface area contributed by atoms with Crippen LogP contribution >= 0.6 is 0 Å². The Hall–Kier alpha value is -3.86. The number of aromatic nitrogens is 1. The summed E-state index contributed by atoms with van der Waals surface area (Å²) < 4.78 is 7.30. The van der Waals surface area contributed by atoms with E-state index in [0.717, 1.165) is 33.1 Å². The number of benzene rings is 3. The number of carbonyl (C=O) groups excluding carboxylic acids is 2. The van der Waals surface area contributed by atoms with Gasteiger partial charge in [-0.1, -0.05) is 30.3 Å². The average molecular weight is 368 g/mol. The van der Waals surface area contributed by atoms with Crippen molar-refractivity contribution in [1.29, 1.82) is 0 Å². The summed E-state index contributed by atoms with van der Waals surface area (Å²) in [5.74, 6) is 0.171. The number of hydrogen-bond acceptors (Lipinski definition) is 3. The van der Waals surface area contributed by atoms with Crippen LogP contribution in [-0.4, -0.2) is 23.5 Å². The number of methoxy groups -OCH3 is 1. The summed E-state index contributed by atoms with van der Waals surface area (Å²) >= 11 is 0. The molecule has 0 atom stereocenters. The van der Waals surface area contributed by atoms with Gasteiger partial charge in [-0.3, -0.25) is 9.59 Å². The molecule has 5 heteroatoms. The molecule has 0 N–H and O–H groups in total. The third-order valence-electron chi connectivity index (χ3n) is 5.05. The predicted octanol–water partition coefficient (Wildman–Crippen LogP) is 4.22. The zero-order valence-electron chi connectivity index (χ0n) is 15.1. The zero-order chi connectivity index (χ0) is 19.3. The standard InChI is InChI=1S/C23H16N2O3/c1-28-18-9-7-15-12-17(8-6-16(15)13-18)24-14-21(19-4-2-3-5-20(19)24)25-22(26)10-11-23(25)27/h2-14H,1H3. The van der Waals surface area contributed by atoms with Crippen molar-refractivity contribution in [2.24, 2.45) is 0 Å². The van der Waals surface area contributed by atoms with E-state index >= 15 is 0 Å². The van der Waals surface area contributed by atoms with Gasteiger partial charge in [0.2, 0.25) is 0 Å². The number of anilines is 1. The Kier molecular flexibility index (Phi) is 3.55. The summed E-state index contributed by atoms with van der Waals surface area (Å²) in [6.45, 7) is 0. The molecule has 1 aliphatic rings. The number of rotatable bonds is 3. The van der Waals surface area contributed by atoms with Crippen molar-refractivity contribution in [3.63, 3.8) is 0 Å². The van der Waals surface area contributed by atoms with Crippen molar-refractivity contribution in [3.8, 4) is 11.4 Å². The van der Waals surface area contributed by atoms with Crippen LogP contribution in [0.5, 0.6) is 5.75 Å². The van der Waals surface area contributed by atoms with Crippen LogP contribution in [0.25, 0.3) is 27.4 Å². The second kappa shape index (κ2) is 6.09. The molecule has 0 fully saturated rings. The smallest absolute Gasteiger partial charge is 0.258 e. The Morgan fingerprint density at radius 1 is 0.821 bits per heavy atom. The van der Waals surface area contributed by atoms with Crippen molar-refractivity contribution in [2.45, 2.75) is 0 Å². The quantitative estimate of drug-likeness (QED) is 0.509. The molecule has 0 bridgehead atoms. The molecule has 1 aliphatic heterocycles. The van der Waals surface area contributed by atoms with Crippen LogP contribution < -0.4 is 9.64 Å². The normalized spacial score (nSPS) is 13.8. The Morgan fingerprint density at radius 3 is 2.32 bits per heavy atom. The fourth-order valence-corrected chi connectivity index (χ4v) is 3.68. The van der Waals surface area contributed by atoms with E-state index < -0.39 is 0 Å². The summed E-state index contributed by atoms with van der Waals surface area (Å²) in [6, 6.07) is 19.8. The van der Waals surface area contributed by atoms with Crippen LogP contribution in [0.1, 0.15) is 0 Å². The van der Waals surface area contributed by atoms with Crippen LogP contribution in [0, 0.1) is 0 Å². The zero-order valence-corrected chi connectivity index (χ0v) is 15.1. The number of para-hydroxylation sites is 1. The molecule has 3 aromatic carbocycles. The monoisotopic (exact) mass is 368 g/mol. The van der Waals surface area contributed by atoms with E-state index in [2.05, 4.69) is 6.07 Å². The molecular formula is C23H16N2O3. The van der Waals surface area contributed by atoms with E-state index in [1.54, 1.807) is 7.11 Å². The first kappa shape index (κ1) is 16.3. The van der Waals surface area contributed by atoms with Gasteiger partial charge in [0, 0.05) is 29.4 Å². The van der Waals surface area contributed by atoms with Crippen LogP contribution in [-0.2, 0) is 9.59 Å². The average Bonchev–Trinajstić information content (AvgIpc) is 3.26. The molecule has 0 unspecified atom stereocenters. The molecule has 5 rings (SSSR count). The summed E-state index contributed by atoms with van der Waals surface area (Å²) in [6.07, 6.45) is 4.45. The molecule has 0 spiro atoms. The maximum Gasteiger partial charge on any atom is 0.258 e. The minimum absolute atomic E-state index is 0.321. The van der Waals surface area contributed by atoms with Crippen molar-refractivity contribution < 1.29 is 14.3 Å². The lowest BCUT2D eigenvalue weighted by molar-refractivity contribution is -0.119. The number of ether oxygens (including phenoxy) is 1. The molecule has 1 aromatic heterocycles. The maximum absolute atomic E-state index is 12.2. The van der Waals surface area contributed by atoms with E-state index in [1.807, 2.05) is 65.4 Å². The topological polar surface area (TPSA) is 51.5 Å². The molecule has 0 aliphatic carbocycles. The van der Waals surface area contributed by atoms with Gasteiger partial charge >= 0.3 is 0 Å². The second-order valence-electron chi connectivity index (χ2n) is 6.64. The summed E-state index contributed by atoms with van der Waals surface area (Å²) in [5, 5.41) is 3.00. The first-order valence-electron chi connectivity index (χ1n) is 8.90. The lowest BCUT2D eigenvalue weighted by Crippen LogP contribution is -2.29. The molecule has 2 amide bonds. The molecule has 0 saturated heterocycles. The minimum Gasteiger partial charge on any atom is -0.497 e. The van der Waals surface area contributed by atoms with Crippen molar-refractivity contribution >= 4 is 39.2 Å². The molecular weight excluding hydrogens is 352 g/mol. The molecule has 5 nitrogen and oxygen atoms in total. The Morgan fingerprint density at radius 2 is 1.54 bits per heavy atom. The van der Waals surface area contributed by atoms with Gasteiger partial charge in [0.25, 0.3) is 11.8 Å². The van der Waals surface area contributed by atoms with Gasteiger partial charge in [0.1, 0.15) is 5.75 Å². The third-order valence-corrected chi connectivity index (χ3v) is 5.05. The Bertz CT molecular complexity index is 1280. The highest BCUT2D eigenvalue weighted by atomic mass is 16.5. The maximum atomic E-state index is 12.2. The molecule has 2 heterocycles. The number of amides is 2. The summed E-state index contributed by atoms with van der Waals surface area (Å²) in [5.41, 5.74) is 2.47. The second-order valence-corrected chi connectivity index (χ2v) is 6.64. The highest BCUT2D eigenvalue weighted by Crippen LogP contribution is 2.34. The largest absolute Gasteiger partial charge is 0.497 e. The van der Waals surface area contributed by atoms with Gasteiger partial charge in [-0.2, -0.15) is 0 Å². The number of hydrogen-bond donors (Lipinski definition) is 0. The number of imide groups is 1. The first-order valence-corrected chi connectivity index (χ1v) is 8.90. The fourth-order valence-electron chi connectivity index (χ4n) is 3.68. The van der Waals surface area contributed by atoms with Crippen LogP contribution in [0.4, 0.5) is 5.69 Å². The number of fused-ring (bicyclic) bond motifs is 2. The lowest BCUT2D eigenvalue weighted by atomic mass is 10.1. The molecule has 28 heavy (non-hydrogen) atoms. The molecule has 4 aromatic rings. The Balaban J connectivity index is 1.70. The van der Waals surface area contributed by atoms with Crippen molar-refractivity contribution in [3.05, 3.63) is 79.0 Å². The van der Waals surface area contributed by atoms with Gasteiger partial charge in [-0.15, -0.1) is 0 Å². The Labute approximate surface area is 161 Å². The van der Waals surface area contributed by atoms with E-state index in [1.165, 1.54) is 17.1 Å². The van der Waals surface area contributed by atoms with E-state index in [4.69, 9.17) is 4.74 Å². The van der Waals surface area contributed by atoms with Crippen LogP contribution in [0.15, 0.2) is 79.0 Å². The van der Waals surface area contributed by atoms with Crippen LogP contribution in [0.3, 0.4) is 0 Å². The van der Waals surface area contributed by atoms with Gasteiger partial charge in [0.05, 0.1) is 18.3 Å². The first-order chi connectivity index (χ1) is 13.7. The van der Waals surface area contributed by atoms with Gasteiger partial charge in [-0.25, -0.2) is 4.90 Å². The molecule has 136 valence electrons. The van der Waals surface area contributed by atoms with E-state index in [9.17, 15) is 9.59 Å². The van der Waals surface area contributed by atoms with Gasteiger partial charge in [-0.05, 0) is 41.1 Å². The number of nitrogens with zero attached hydrogens (tertiary/aromatic N) is 2.